The van der Waals surface area contributed by atoms with Gasteiger partial charge in [-0.15, -0.1) is 0 Å². The molecule has 0 aromatic heterocycles. The molecule has 1 rings (SSSR count). The van der Waals surface area contributed by atoms with Gasteiger partial charge in [0.05, 0.1) is 12.0 Å². The van der Waals surface area contributed by atoms with Crippen LogP contribution >= 0.6 is 0 Å². The number of nitriles is 1. The summed E-state index contributed by atoms with van der Waals surface area (Å²) in [5.74, 6) is 0.150. The van der Waals surface area contributed by atoms with Crippen LogP contribution < -0.4 is 5.32 Å². The van der Waals surface area contributed by atoms with Crippen LogP contribution in [0, 0.1) is 22.7 Å². The van der Waals surface area contributed by atoms with Crippen LogP contribution in [-0.4, -0.2) is 13.1 Å². The lowest BCUT2D eigenvalue weighted by Gasteiger charge is -2.15. The molecular formula is C11H20N2. The van der Waals surface area contributed by atoms with Gasteiger partial charge in [0, 0.05) is 13.1 Å². The number of nitrogens with one attached hydrogen (secondary N) is 1. The van der Waals surface area contributed by atoms with Crippen LogP contribution in [0.1, 0.15) is 39.5 Å². The molecule has 1 aliphatic carbocycles. The highest BCUT2D eigenvalue weighted by molar-refractivity contribution is 4.94. The Kier molecular flexibility index (Phi) is 3.74. The van der Waals surface area contributed by atoms with E-state index >= 15 is 0 Å². The molecule has 1 fully saturated rings. The van der Waals surface area contributed by atoms with Crippen molar-refractivity contribution >= 4 is 0 Å². The van der Waals surface area contributed by atoms with Gasteiger partial charge in [0.1, 0.15) is 0 Å². The number of nitrogens with zero attached hydrogens (tertiary/aromatic N) is 1. The summed E-state index contributed by atoms with van der Waals surface area (Å²) in [7, 11) is 0. The van der Waals surface area contributed by atoms with E-state index in [-0.39, 0.29) is 5.92 Å². The number of rotatable bonds is 6. The van der Waals surface area contributed by atoms with Crippen molar-refractivity contribution in [2.24, 2.45) is 11.3 Å². The lowest BCUT2D eigenvalue weighted by Crippen LogP contribution is -2.27. The molecule has 0 bridgehead atoms. The maximum Gasteiger partial charge on any atom is 0.0666 e. The molecule has 1 atom stereocenters. The van der Waals surface area contributed by atoms with Crippen molar-refractivity contribution in [2.45, 2.75) is 39.5 Å². The molecule has 0 aromatic rings. The van der Waals surface area contributed by atoms with Crippen LogP contribution in [0.25, 0.3) is 0 Å². The standard InChI is InChI=1S/C11H20N2/c1-3-4-11(5-6-11)9-13-8-10(2)7-12/h10,13H,3-6,8-9H2,1-2H3. The van der Waals surface area contributed by atoms with Gasteiger partial charge in [0.25, 0.3) is 0 Å². The molecule has 0 saturated heterocycles. The van der Waals surface area contributed by atoms with Crippen LogP contribution in [0.5, 0.6) is 0 Å². The van der Waals surface area contributed by atoms with E-state index in [0.29, 0.717) is 5.41 Å². The Morgan fingerprint density at radius 3 is 2.69 bits per heavy atom. The van der Waals surface area contributed by atoms with Crippen LogP contribution in [0.3, 0.4) is 0 Å². The van der Waals surface area contributed by atoms with E-state index < -0.39 is 0 Å². The Hall–Kier alpha value is -0.550. The molecule has 1 saturated carbocycles. The Morgan fingerprint density at radius 2 is 2.23 bits per heavy atom. The molecule has 0 heterocycles. The van der Waals surface area contributed by atoms with Gasteiger partial charge in [-0.1, -0.05) is 13.3 Å². The molecular weight excluding hydrogens is 160 g/mol. The summed E-state index contributed by atoms with van der Waals surface area (Å²) in [4.78, 5) is 0. The topological polar surface area (TPSA) is 35.8 Å². The summed E-state index contributed by atoms with van der Waals surface area (Å²) in [5, 5.41) is 12.0. The minimum atomic E-state index is 0.150. The summed E-state index contributed by atoms with van der Waals surface area (Å²) in [6.07, 6.45) is 5.40. The summed E-state index contributed by atoms with van der Waals surface area (Å²) in [6, 6.07) is 2.24. The highest BCUT2D eigenvalue weighted by Crippen LogP contribution is 2.48. The molecule has 2 heteroatoms. The lowest BCUT2D eigenvalue weighted by atomic mass is 10.0. The second-order valence-corrected chi connectivity index (χ2v) is 4.41. The van der Waals surface area contributed by atoms with Crippen molar-refractivity contribution in [1.82, 2.24) is 5.32 Å². The van der Waals surface area contributed by atoms with Crippen LogP contribution in [0.2, 0.25) is 0 Å². The Balaban J connectivity index is 2.09. The third-order valence-corrected chi connectivity index (χ3v) is 2.91. The molecule has 0 amide bonds. The molecule has 74 valence electrons. The Labute approximate surface area is 81.3 Å². The summed E-state index contributed by atoms with van der Waals surface area (Å²) in [5.41, 5.74) is 0.615. The zero-order valence-electron chi connectivity index (χ0n) is 8.77. The minimum absolute atomic E-state index is 0.150. The van der Waals surface area contributed by atoms with Crippen LogP contribution in [-0.2, 0) is 0 Å². The first-order chi connectivity index (χ1) is 6.22. The molecule has 13 heavy (non-hydrogen) atoms. The van der Waals surface area contributed by atoms with Gasteiger partial charge in [-0.05, 0) is 31.6 Å². The molecule has 1 N–H and O–H groups in total. The summed E-state index contributed by atoms with van der Waals surface area (Å²) >= 11 is 0. The fourth-order valence-corrected chi connectivity index (χ4v) is 1.82. The third kappa shape index (κ3) is 3.36. The van der Waals surface area contributed by atoms with Crippen molar-refractivity contribution in [3.05, 3.63) is 0 Å². The zero-order valence-corrected chi connectivity index (χ0v) is 8.77. The van der Waals surface area contributed by atoms with E-state index in [9.17, 15) is 0 Å². The molecule has 0 aromatic carbocycles. The highest BCUT2D eigenvalue weighted by Gasteiger charge is 2.40. The van der Waals surface area contributed by atoms with Crippen molar-refractivity contribution < 1.29 is 0 Å². The monoisotopic (exact) mass is 180 g/mol. The predicted octanol–water partition coefficient (Wildman–Crippen LogP) is 2.32. The van der Waals surface area contributed by atoms with Crippen molar-refractivity contribution in [1.29, 1.82) is 5.26 Å². The number of hydrogen-bond donors (Lipinski definition) is 1. The molecule has 0 radical (unpaired) electrons. The second kappa shape index (κ2) is 4.62. The first-order valence-corrected chi connectivity index (χ1v) is 5.33. The van der Waals surface area contributed by atoms with Crippen molar-refractivity contribution in [2.75, 3.05) is 13.1 Å². The lowest BCUT2D eigenvalue weighted by molar-refractivity contribution is 0.413. The average molecular weight is 180 g/mol. The highest BCUT2D eigenvalue weighted by atomic mass is 14.9. The molecule has 1 aliphatic rings. The quantitative estimate of drug-likeness (QED) is 0.681. The van der Waals surface area contributed by atoms with Gasteiger partial charge in [0.15, 0.2) is 0 Å². The normalized spacial score (nSPS) is 20.7. The summed E-state index contributed by atoms with van der Waals surface area (Å²) in [6.45, 7) is 6.18. The van der Waals surface area contributed by atoms with E-state index in [1.165, 1.54) is 25.7 Å². The zero-order chi connectivity index (χ0) is 9.73. The first kappa shape index (κ1) is 10.5. The third-order valence-electron chi connectivity index (χ3n) is 2.91. The van der Waals surface area contributed by atoms with E-state index in [4.69, 9.17) is 5.26 Å². The summed E-state index contributed by atoms with van der Waals surface area (Å²) < 4.78 is 0. The number of hydrogen-bond acceptors (Lipinski definition) is 2. The van der Waals surface area contributed by atoms with Crippen molar-refractivity contribution in [3.8, 4) is 6.07 Å². The van der Waals surface area contributed by atoms with E-state index in [1.54, 1.807) is 0 Å². The maximum absolute atomic E-state index is 8.59. The van der Waals surface area contributed by atoms with Gasteiger partial charge < -0.3 is 5.32 Å². The van der Waals surface area contributed by atoms with E-state index in [1.807, 2.05) is 6.92 Å². The fraction of sp³-hybridized carbons (Fsp3) is 0.909. The fourth-order valence-electron chi connectivity index (χ4n) is 1.82. The molecule has 0 aliphatic heterocycles. The smallest absolute Gasteiger partial charge is 0.0666 e. The largest absolute Gasteiger partial charge is 0.315 e. The minimum Gasteiger partial charge on any atom is -0.315 e. The maximum atomic E-state index is 8.59. The SMILES string of the molecule is CCCC1(CNCC(C)C#N)CC1. The van der Waals surface area contributed by atoms with Gasteiger partial charge >= 0.3 is 0 Å². The van der Waals surface area contributed by atoms with E-state index in [0.717, 1.165) is 13.1 Å². The van der Waals surface area contributed by atoms with Crippen LogP contribution in [0.4, 0.5) is 0 Å². The second-order valence-electron chi connectivity index (χ2n) is 4.41. The first-order valence-electron chi connectivity index (χ1n) is 5.33. The molecule has 2 nitrogen and oxygen atoms in total. The van der Waals surface area contributed by atoms with Crippen LogP contribution in [0.15, 0.2) is 0 Å². The van der Waals surface area contributed by atoms with Gasteiger partial charge in [0.2, 0.25) is 0 Å². The molecule has 0 spiro atoms. The van der Waals surface area contributed by atoms with Gasteiger partial charge in [-0.25, -0.2) is 0 Å². The van der Waals surface area contributed by atoms with E-state index in [2.05, 4.69) is 18.3 Å². The van der Waals surface area contributed by atoms with Gasteiger partial charge in [-0.2, -0.15) is 5.26 Å². The Bertz CT molecular complexity index is 189. The predicted molar refractivity (Wildman–Crippen MR) is 54.2 cm³/mol. The molecule has 1 unspecified atom stereocenters. The Morgan fingerprint density at radius 1 is 1.54 bits per heavy atom. The average Bonchev–Trinajstić information content (AvgIpc) is 2.86. The van der Waals surface area contributed by atoms with Gasteiger partial charge in [-0.3, -0.25) is 0 Å². The van der Waals surface area contributed by atoms with Crippen molar-refractivity contribution in [3.63, 3.8) is 0 Å².